The van der Waals surface area contributed by atoms with E-state index in [9.17, 15) is 0 Å². The van der Waals surface area contributed by atoms with Crippen molar-refractivity contribution in [1.29, 1.82) is 0 Å². The predicted octanol–water partition coefficient (Wildman–Crippen LogP) is 4.20. The molecule has 0 aliphatic carbocycles. The molecule has 0 aliphatic rings. The second-order valence-corrected chi connectivity index (χ2v) is 5.73. The van der Waals surface area contributed by atoms with Gasteiger partial charge in [-0.15, -0.1) is 0 Å². The van der Waals surface area contributed by atoms with Gasteiger partial charge < -0.3 is 9.88 Å². The summed E-state index contributed by atoms with van der Waals surface area (Å²) in [5, 5.41) is 0. The van der Waals surface area contributed by atoms with Crippen molar-refractivity contribution >= 4 is 17.7 Å². The van der Waals surface area contributed by atoms with Crippen LogP contribution in [-0.4, -0.2) is 30.3 Å². The van der Waals surface area contributed by atoms with Crippen LogP contribution < -0.4 is 4.90 Å². The Morgan fingerprint density at radius 3 is 2.35 bits per heavy atom. The highest BCUT2D eigenvalue weighted by atomic mass is 15.1. The maximum absolute atomic E-state index is 4.46. The molecule has 0 fully saturated rings. The van der Waals surface area contributed by atoms with E-state index in [-0.39, 0.29) is 0 Å². The van der Waals surface area contributed by atoms with E-state index in [1.165, 1.54) is 11.3 Å². The van der Waals surface area contributed by atoms with Crippen molar-refractivity contribution in [3.8, 4) is 11.4 Å². The van der Waals surface area contributed by atoms with Gasteiger partial charge in [0.05, 0.1) is 6.20 Å². The molecule has 23 heavy (non-hydrogen) atoms. The van der Waals surface area contributed by atoms with E-state index < -0.39 is 0 Å². The van der Waals surface area contributed by atoms with Crippen LogP contribution in [0.1, 0.15) is 11.1 Å². The molecule has 0 atom stereocenters. The molecule has 3 rings (SSSR count). The average molecular weight is 304 g/mol. The van der Waals surface area contributed by atoms with E-state index in [4.69, 9.17) is 0 Å². The lowest BCUT2D eigenvalue weighted by molar-refractivity contribution is 1.13. The third-order valence-electron chi connectivity index (χ3n) is 3.65. The highest BCUT2D eigenvalue weighted by molar-refractivity contribution is 5.82. The molecular weight excluding hydrogens is 284 g/mol. The number of nitrogens with zero attached hydrogens (tertiary/aromatic N) is 3. The summed E-state index contributed by atoms with van der Waals surface area (Å²) < 4.78 is 0. The van der Waals surface area contributed by atoms with E-state index in [2.05, 4.69) is 75.3 Å². The fourth-order valence-electron chi connectivity index (χ4n) is 2.24. The summed E-state index contributed by atoms with van der Waals surface area (Å²) in [4.78, 5) is 14.2. The number of aryl methyl sites for hydroxylation is 1. The Balaban J connectivity index is 1.74. The average Bonchev–Trinajstić information content (AvgIpc) is 3.03. The van der Waals surface area contributed by atoms with Gasteiger partial charge in [0.25, 0.3) is 0 Å². The van der Waals surface area contributed by atoms with Gasteiger partial charge in [-0.3, -0.25) is 0 Å². The zero-order valence-electron chi connectivity index (χ0n) is 13.6. The van der Waals surface area contributed by atoms with Crippen molar-refractivity contribution in [2.45, 2.75) is 6.92 Å². The van der Waals surface area contributed by atoms with Crippen LogP contribution in [0.15, 0.2) is 59.7 Å². The van der Waals surface area contributed by atoms with Crippen LogP contribution in [0.3, 0.4) is 0 Å². The molecule has 0 aliphatic heterocycles. The first kappa shape index (κ1) is 15.0. The maximum atomic E-state index is 4.46. The Kier molecular flexibility index (Phi) is 4.24. The SMILES string of the molecule is Cc1ccc(-c2ncc(N=Cc3ccc(N(C)C)cc3)[nH]2)cc1. The lowest BCUT2D eigenvalue weighted by atomic mass is 10.1. The van der Waals surface area contributed by atoms with Gasteiger partial charge in [-0.05, 0) is 24.6 Å². The number of hydrogen-bond donors (Lipinski definition) is 1. The first-order chi connectivity index (χ1) is 11.1. The van der Waals surface area contributed by atoms with Crippen molar-refractivity contribution in [1.82, 2.24) is 9.97 Å². The van der Waals surface area contributed by atoms with Crippen LogP contribution in [0.4, 0.5) is 11.5 Å². The van der Waals surface area contributed by atoms with Gasteiger partial charge in [-0.2, -0.15) is 0 Å². The Labute approximate surface area is 136 Å². The zero-order chi connectivity index (χ0) is 16.2. The molecule has 4 nitrogen and oxygen atoms in total. The van der Waals surface area contributed by atoms with Crippen molar-refractivity contribution in [2.24, 2.45) is 4.99 Å². The highest BCUT2D eigenvalue weighted by Crippen LogP contribution is 2.19. The van der Waals surface area contributed by atoms with Crippen molar-refractivity contribution < 1.29 is 0 Å². The van der Waals surface area contributed by atoms with Gasteiger partial charge in [0.15, 0.2) is 0 Å². The van der Waals surface area contributed by atoms with Crippen LogP contribution in [0.5, 0.6) is 0 Å². The number of rotatable bonds is 4. The number of anilines is 1. The molecule has 1 N–H and O–H groups in total. The fraction of sp³-hybridized carbons (Fsp3) is 0.158. The van der Waals surface area contributed by atoms with Crippen LogP contribution in [0, 0.1) is 6.92 Å². The molecule has 116 valence electrons. The Morgan fingerprint density at radius 1 is 1.00 bits per heavy atom. The van der Waals surface area contributed by atoms with E-state index in [1.54, 1.807) is 6.20 Å². The Hall–Kier alpha value is -2.88. The summed E-state index contributed by atoms with van der Waals surface area (Å²) in [6.07, 6.45) is 3.59. The molecule has 0 unspecified atom stereocenters. The first-order valence-corrected chi connectivity index (χ1v) is 7.55. The molecular formula is C19H20N4. The predicted molar refractivity (Wildman–Crippen MR) is 96.8 cm³/mol. The molecule has 0 bridgehead atoms. The molecule has 1 aromatic heterocycles. The number of benzene rings is 2. The second-order valence-electron chi connectivity index (χ2n) is 5.73. The van der Waals surface area contributed by atoms with Gasteiger partial charge in [-0.1, -0.05) is 42.0 Å². The standard InChI is InChI=1S/C19H20N4/c1-14-4-8-16(9-5-14)19-21-13-18(22-19)20-12-15-6-10-17(11-7-15)23(2)3/h4-13H,1-3H3,(H,21,22). The smallest absolute Gasteiger partial charge is 0.150 e. The largest absolute Gasteiger partial charge is 0.378 e. The maximum Gasteiger partial charge on any atom is 0.150 e. The van der Waals surface area contributed by atoms with Gasteiger partial charge in [0.1, 0.15) is 11.6 Å². The van der Waals surface area contributed by atoms with Crippen molar-refractivity contribution in [2.75, 3.05) is 19.0 Å². The fourth-order valence-corrected chi connectivity index (χ4v) is 2.24. The number of H-pyrrole nitrogens is 1. The van der Waals surface area contributed by atoms with Crippen molar-refractivity contribution in [3.05, 3.63) is 65.9 Å². The monoisotopic (exact) mass is 304 g/mol. The minimum Gasteiger partial charge on any atom is -0.378 e. The number of imidazole rings is 1. The third-order valence-corrected chi connectivity index (χ3v) is 3.65. The normalized spacial score (nSPS) is 11.1. The van der Waals surface area contributed by atoms with Gasteiger partial charge in [0, 0.05) is 31.6 Å². The summed E-state index contributed by atoms with van der Waals surface area (Å²) >= 11 is 0. The second kappa shape index (κ2) is 6.48. The lowest BCUT2D eigenvalue weighted by Crippen LogP contribution is -2.08. The lowest BCUT2D eigenvalue weighted by Gasteiger charge is -2.11. The van der Waals surface area contributed by atoms with Gasteiger partial charge in [0.2, 0.25) is 0 Å². The number of aliphatic imine (C=N–C) groups is 1. The molecule has 1 heterocycles. The summed E-state index contributed by atoms with van der Waals surface area (Å²) in [5.41, 5.74) is 4.53. The van der Waals surface area contributed by atoms with Crippen LogP contribution in [0.2, 0.25) is 0 Å². The molecule has 3 aromatic rings. The van der Waals surface area contributed by atoms with E-state index >= 15 is 0 Å². The van der Waals surface area contributed by atoms with Crippen molar-refractivity contribution in [3.63, 3.8) is 0 Å². The highest BCUT2D eigenvalue weighted by Gasteiger charge is 2.02. The summed E-state index contributed by atoms with van der Waals surface area (Å²) in [6.45, 7) is 2.07. The molecule has 0 amide bonds. The topological polar surface area (TPSA) is 44.3 Å². The van der Waals surface area contributed by atoms with Gasteiger partial charge in [-0.25, -0.2) is 9.98 Å². The van der Waals surface area contributed by atoms with Crippen LogP contribution in [0.25, 0.3) is 11.4 Å². The number of hydrogen-bond acceptors (Lipinski definition) is 3. The Morgan fingerprint density at radius 2 is 1.70 bits per heavy atom. The molecule has 0 saturated carbocycles. The molecule has 0 spiro atoms. The van der Waals surface area contributed by atoms with Crippen LogP contribution >= 0.6 is 0 Å². The number of aromatic amines is 1. The first-order valence-electron chi connectivity index (χ1n) is 7.55. The molecule has 2 aromatic carbocycles. The summed E-state index contributed by atoms with van der Waals surface area (Å²) in [6, 6.07) is 16.5. The van der Waals surface area contributed by atoms with Gasteiger partial charge >= 0.3 is 0 Å². The summed E-state index contributed by atoms with van der Waals surface area (Å²) in [5.74, 6) is 1.58. The zero-order valence-corrected chi connectivity index (χ0v) is 13.6. The third kappa shape index (κ3) is 3.66. The summed E-state index contributed by atoms with van der Waals surface area (Å²) in [7, 11) is 4.06. The molecule has 0 saturated heterocycles. The Bertz CT molecular complexity index is 796. The quantitative estimate of drug-likeness (QED) is 0.734. The molecule has 0 radical (unpaired) electrons. The van der Waals surface area contributed by atoms with E-state index in [0.29, 0.717) is 0 Å². The minimum atomic E-state index is 0.747. The van der Waals surface area contributed by atoms with E-state index in [1.807, 2.05) is 20.3 Å². The molecule has 4 heteroatoms. The number of nitrogens with one attached hydrogen (secondary N) is 1. The minimum absolute atomic E-state index is 0.747. The van der Waals surface area contributed by atoms with Crippen LogP contribution in [-0.2, 0) is 0 Å². The van der Waals surface area contributed by atoms with E-state index in [0.717, 1.165) is 22.8 Å². The number of aromatic nitrogens is 2.